The first-order valence-corrected chi connectivity index (χ1v) is 14.6. The van der Waals surface area contributed by atoms with E-state index in [1.165, 1.54) is 43.5 Å². The number of ether oxygens (including phenoxy) is 2. The number of amides is 3. The zero-order valence-electron chi connectivity index (χ0n) is 26.1. The molecule has 47 heavy (non-hydrogen) atoms. The second-order valence-electron chi connectivity index (χ2n) is 10.4. The second-order valence-corrected chi connectivity index (χ2v) is 10.4. The maximum Gasteiger partial charge on any atom is 0.337 e. The molecule has 0 saturated carbocycles. The van der Waals surface area contributed by atoms with Crippen molar-refractivity contribution in [2.75, 3.05) is 37.9 Å². The monoisotopic (exact) mass is 635 g/mol. The number of fused-ring (bicyclic) bond motifs is 1. The molecular weight excluding hydrogens is 602 g/mol. The maximum absolute atomic E-state index is 13.4. The minimum Gasteiger partial charge on any atom is -0.465 e. The van der Waals surface area contributed by atoms with E-state index in [-0.39, 0.29) is 35.5 Å². The number of anilines is 2. The Morgan fingerprint density at radius 2 is 1.66 bits per heavy atom. The molecule has 4 rings (SSSR count). The molecule has 0 spiro atoms. The normalized spacial score (nSPS) is 13.1. The Bertz CT molecular complexity index is 1860. The number of para-hydroxylation sites is 1. The predicted octanol–water partition coefficient (Wildman–Crippen LogP) is 5.70. The zero-order valence-corrected chi connectivity index (χ0v) is 26.1. The SMILES string of the molecule is C=CC=C(C=CC)C(C#N)=C1CCN(C(=O)C(=O)c2c[nH]c3c(NC(=O)Nc4cc(C(=O)OC)cc(C(=O)OC)c4)cccc23)CC1. The van der Waals surface area contributed by atoms with Crippen LogP contribution in [0.15, 0.2) is 90.2 Å². The first-order chi connectivity index (χ1) is 22.6. The van der Waals surface area contributed by atoms with Gasteiger partial charge in [0.1, 0.15) is 0 Å². The Morgan fingerprint density at radius 3 is 2.23 bits per heavy atom. The number of carbonyl (C=O) groups excluding carboxylic acids is 5. The van der Waals surface area contributed by atoms with Crippen LogP contribution in [0.25, 0.3) is 10.9 Å². The highest BCUT2D eigenvalue weighted by Crippen LogP contribution is 2.29. The highest BCUT2D eigenvalue weighted by atomic mass is 16.5. The fourth-order valence-corrected chi connectivity index (χ4v) is 5.27. The Balaban J connectivity index is 1.50. The Labute approximate surface area is 271 Å². The Kier molecular flexibility index (Phi) is 10.9. The number of Topliss-reactive ketones (excluding diaryl/α,β-unsaturated/α-hetero) is 1. The highest BCUT2D eigenvalue weighted by molar-refractivity contribution is 6.45. The van der Waals surface area contributed by atoms with E-state index in [1.54, 1.807) is 30.4 Å². The van der Waals surface area contributed by atoms with Crippen LogP contribution >= 0.6 is 0 Å². The summed E-state index contributed by atoms with van der Waals surface area (Å²) in [5, 5.41) is 15.5. The third kappa shape index (κ3) is 7.54. The molecular formula is C35H33N5O7. The van der Waals surface area contributed by atoms with Crippen molar-refractivity contribution in [2.24, 2.45) is 0 Å². The van der Waals surface area contributed by atoms with Crippen LogP contribution in [-0.2, 0) is 14.3 Å². The van der Waals surface area contributed by atoms with Crippen molar-refractivity contribution in [2.45, 2.75) is 19.8 Å². The van der Waals surface area contributed by atoms with Gasteiger partial charge in [-0.3, -0.25) is 9.59 Å². The van der Waals surface area contributed by atoms with E-state index in [0.717, 1.165) is 11.1 Å². The van der Waals surface area contributed by atoms with E-state index in [1.807, 2.05) is 19.1 Å². The Hall–Kier alpha value is -6.22. The van der Waals surface area contributed by atoms with E-state index >= 15 is 0 Å². The molecule has 0 aliphatic carbocycles. The molecule has 2 aromatic carbocycles. The van der Waals surface area contributed by atoms with Crippen LogP contribution in [0.3, 0.4) is 0 Å². The van der Waals surface area contributed by atoms with E-state index in [4.69, 9.17) is 9.47 Å². The largest absolute Gasteiger partial charge is 0.465 e. The van der Waals surface area contributed by atoms with Gasteiger partial charge in [0.05, 0.1) is 53.8 Å². The van der Waals surface area contributed by atoms with Crippen molar-refractivity contribution in [1.29, 1.82) is 5.26 Å². The molecule has 1 aliphatic heterocycles. The number of rotatable bonds is 9. The first kappa shape index (κ1) is 33.7. The summed E-state index contributed by atoms with van der Waals surface area (Å²) in [5.41, 5.74) is 3.24. The molecule has 0 bridgehead atoms. The lowest BCUT2D eigenvalue weighted by Gasteiger charge is -2.28. The molecule has 1 aliphatic rings. The number of hydrogen-bond donors (Lipinski definition) is 3. The molecule has 3 amide bonds. The summed E-state index contributed by atoms with van der Waals surface area (Å²) in [6.07, 6.45) is 9.38. The lowest BCUT2D eigenvalue weighted by atomic mass is 9.93. The van der Waals surface area contributed by atoms with Crippen molar-refractivity contribution in [3.05, 3.63) is 107 Å². The summed E-state index contributed by atoms with van der Waals surface area (Å²) in [7, 11) is 2.37. The van der Waals surface area contributed by atoms with Crippen LogP contribution < -0.4 is 10.6 Å². The molecule has 0 unspecified atom stereocenters. The summed E-state index contributed by atoms with van der Waals surface area (Å²) in [4.78, 5) is 68.3. The number of allylic oxidation sites excluding steroid dienone is 6. The lowest BCUT2D eigenvalue weighted by Crippen LogP contribution is -2.40. The summed E-state index contributed by atoms with van der Waals surface area (Å²) in [6.45, 7) is 6.14. The van der Waals surface area contributed by atoms with Crippen molar-refractivity contribution in [1.82, 2.24) is 9.88 Å². The van der Waals surface area contributed by atoms with E-state index in [0.29, 0.717) is 35.0 Å². The molecule has 1 saturated heterocycles. The Morgan fingerprint density at radius 1 is 1.00 bits per heavy atom. The molecule has 1 fully saturated rings. The van der Waals surface area contributed by atoms with E-state index in [2.05, 4.69) is 28.3 Å². The van der Waals surface area contributed by atoms with Gasteiger partial charge >= 0.3 is 18.0 Å². The molecule has 12 nitrogen and oxygen atoms in total. The zero-order chi connectivity index (χ0) is 34.1. The van der Waals surface area contributed by atoms with E-state index < -0.39 is 29.7 Å². The number of nitrogens with one attached hydrogen (secondary N) is 3. The first-order valence-electron chi connectivity index (χ1n) is 14.6. The lowest BCUT2D eigenvalue weighted by molar-refractivity contribution is -0.126. The van der Waals surface area contributed by atoms with E-state index in [9.17, 15) is 29.2 Å². The van der Waals surface area contributed by atoms with Crippen LogP contribution in [0.5, 0.6) is 0 Å². The van der Waals surface area contributed by atoms with Crippen molar-refractivity contribution in [3.8, 4) is 6.07 Å². The quantitative estimate of drug-likeness (QED) is 0.0884. The van der Waals surface area contributed by atoms with Crippen LogP contribution in [-0.4, -0.2) is 66.9 Å². The number of methoxy groups -OCH3 is 2. The number of H-pyrrole nitrogens is 1. The number of aromatic nitrogens is 1. The number of piperidine rings is 1. The molecule has 0 radical (unpaired) electrons. The van der Waals surface area contributed by atoms with Crippen LogP contribution in [0.1, 0.15) is 50.8 Å². The predicted molar refractivity (Wildman–Crippen MR) is 176 cm³/mol. The van der Waals surface area contributed by atoms with Crippen LogP contribution in [0, 0.1) is 11.3 Å². The number of esters is 2. The van der Waals surface area contributed by atoms with Crippen LogP contribution in [0.2, 0.25) is 0 Å². The van der Waals surface area contributed by atoms with Gasteiger partial charge < -0.3 is 30.0 Å². The number of urea groups is 1. The fraction of sp³-hybridized carbons (Fsp3) is 0.200. The minimum atomic E-state index is -0.713. The third-order valence-corrected chi connectivity index (χ3v) is 7.49. The molecule has 2 heterocycles. The second kappa shape index (κ2) is 15.2. The van der Waals surface area contributed by atoms with Gasteiger partial charge in [-0.05, 0) is 55.2 Å². The molecule has 3 N–H and O–H groups in total. The number of ketones is 1. The van der Waals surface area contributed by atoms with Gasteiger partial charge in [0.25, 0.3) is 11.7 Å². The van der Waals surface area contributed by atoms with Crippen molar-refractivity contribution < 1.29 is 33.4 Å². The van der Waals surface area contributed by atoms with Gasteiger partial charge in [0.2, 0.25) is 0 Å². The van der Waals surface area contributed by atoms with Gasteiger partial charge in [0.15, 0.2) is 0 Å². The average Bonchev–Trinajstić information content (AvgIpc) is 3.52. The number of nitriles is 1. The molecule has 240 valence electrons. The number of benzene rings is 2. The van der Waals surface area contributed by atoms with Gasteiger partial charge in [-0.15, -0.1) is 0 Å². The molecule has 3 aromatic rings. The van der Waals surface area contributed by atoms with Gasteiger partial charge in [-0.2, -0.15) is 5.26 Å². The summed E-state index contributed by atoms with van der Waals surface area (Å²) in [6, 6.07) is 10.4. The number of aromatic amines is 1. The third-order valence-electron chi connectivity index (χ3n) is 7.49. The number of nitrogens with zero attached hydrogens (tertiary/aromatic N) is 2. The van der Waals surface area contributed by atoms with Crippen molar-refractivity contribution in [3.63, 3.8) is 0 Å². The van der Waals surface area contributed by atoms with Crippen LogP contribution in [0.4, 0.5) is 16.2 Å². The molecule has 12 heteroatoms. The fourth-order valence-electron chi connectivity index (χ4n) is 5.27. The summed E-state index contributed by atoms with van der Waals surface area (Å²) in [5.74, 6) is -2.80. The smallest absolute Gasteiger partial charge is 0.337 e. The van der Waals surface area contributed by atoms with Gasteiger partial charge in [-0.25, -0.2) is 14.4 Å². The number of likely N-dealkylation sites (tertiary alicyclic amines) is 1. The number of hydrogen-bond acceptors (Lipinski definition) is 8. The standard InChI is InChI=1S/C35H33N5O7/c1-5-8-21(9-6-2)27(19-36)22-12-14-40(15-13-22)32(42)31(41)28-20-37-30-26(28)10-7-11-29(30)39-35(45)38-25-17-23(33(43)46-3)16-24(18-25)34(44)47-4/h5-11,16-18,20,37H,1,12-15H2,2-4H3,(H2,38,39,45). The summed E-state index contributed by atoms with van der Waals surface area (Å²) >= 11 is 0. The number of carbonyl (C=O) groups is 5. The average molecular weight is 636 g/mol. The van der Waals surface area contributed by atoms with Gasteiger partial charge in [-0.1, -0.05) is 43.0 Å². The van der Waals surface area contributed by atoms with Crippen molar-refractivity contribution >= 4 is 51.9 Å². The highest BCUT2D eigenvalue weighted by Gasteiger charge is 2.29. The van der Waals surface area contributed by atoms with Gasteiger partial charge in [0, 0.05) is 30.4 Å². The summed E-state index contributed by atoms with van der Waals surface area (Å²) < 4.78 is 9.46. The minimum absolute atomic E-state index is 0.0272. The molecule has 1 aromatic heterocycles. The topological polar surface area (TPSA) is 171 Å². The molecule has 0 atom stereocenters. The maximum atomic E-state index is 13.4.